The monoisotopic (exact) mass is 396 g/mol. The highest BCUT2D eigenvalue weighted by Crippen LogP contribution is 2.28. The summed E-state index contributed by atoms with van der Waals surface area (Å²) in [7, 11) is 1.42. The van der Waals surface area contributed by atoms with Gasteiger partial charge in [-0.2, -0.15) is 0 Å². The summed E-state index contributed by atoms with van der Waals surface area (Å²) >= 11 is 0. The number of carbonyl (C=O) groups excluding carboxylic acids is 2. The minimum absolute atomic E-state index is 0.0384. The van der Waals surface area contributed by atoms with Crippen LogP contribution < -0.4 is 15.2 Å². The predicted octanol–water partition coefficient (Wildman–Crippen LogP) is 2.88. The molecule has 0 atom stereocenters. The number of oxazole rings is 1. The summed E-state index contributed by atoms with van der Waals surface area (Å²) in [5, 5.41) is 0. The number of rotatable bonds is 8. The van der Waals surface area contributed by atoms with Gasteiger partial charge >= 0.3 is 5.97 Å². The van der Waals surface area contributed by atoms with Gasteiger partial charge in [0.15, 0.2) is 18.1 Å². The second-order valence-electron chi connectivity index (χ2n) is 6.08. The molecule has 0 aliphatic heterocycles. The summed E-state index contributed by atoms with van der Waals surface area (Å²) in [6, 6.07) is 13.9. The van der Waals surface area contributed by atoms with Crippen molar-refractivity contribution in [1.82, 2.24) is 4.98 Å². The van der Waals surface area contributed by atoms with E-state index >= 15 is 0 Å². The van der Waals surface area contributed by atoms with Gasteiger partial charge < -0.3 is 24.4 Å². The first kappa shape index (κ1) is 19.9. The number of aryl methyl sites for hydroxylation is 1. The Hall–Kier alpha value is -3.81. The molecule has 8 heteroatoms. The maximum Gasteiger partial charge on any atom is 0.338 e. The third-order valence-corrected chi connectivity index (χ3v) is 4.02. The van der Waals surface area contributed by atoms with Gasteiger partial charge in [0, 0.05) is 5.56 Å². The molecule has 3 rings (SSSR count). The zero-order valence-electron chi connectivity index (χ0n) is 16.0. The summed E-state index contributed by atoms with van der Waals surface area (Å²) in [4.78, 5) is 27.7. The number of amides is 1. The van der Waals surface area contributed by atoms with Crippen molar-refractivity contribution in [2.45, 2.75) is 13.5 Å². The molecule has 2 aromatic carbocycles. The molecule has 1 heterocycles. The minimum Gasteiger partial charge on any atom is -0.493 e. The number of carbonyl (C=O) groups is 2. The van der Waals surface area contributed by atoms with E-state index in [1.54, 1.807) is 6.92 Å². The SMILES string of the molecule is COc1cc(C(=O)OCc2nc(-c3ccccc3)oc2C)ccc1OCC(N)=O. The number of nitrogens with zero attached hydrogens (tertiary/aromatic N) is 1. The van der Waals surface area contributed by atoms with Crippen molar-refractivity contribution in [2.75, 3.05) is 13.7 Å². The second-order valence-corrected chi connectivity index (χ2v) is 6.08. The normalized spacial score (nSPS) is 10.4. The van der Waals surface area contributed by atoms with Gasteiger partial charge in [0.25, 0.3) is 5.91 Å². The van der Waals surface area contributed by atoms with E-state index in [0.29, 0.717) is 23.1 Å². The topological polar surface area (TPSA) is 114 Å². The Bertz CT molecular complexity index is 1010. The number of benzene rings is 2. The van der Waals surface area contributed by atoms with Crippen LogP contribution in [0.15, 0.2) is 52.9 Å². The number of primary amides is 1. The van der Waals surface area contributed by atoms with Crippen molar-refractivity contribution in [3.05, 3.63) is 65.5 Å². The van der Waals surface area contributed by atoms with Crippen LogP contribution in [0.3, 0.4) is 0 Å². The maximum atomic E-state index is 12.4. The van der Waals surface area contributed by atoms with Crippen LogP contribution in [0.5, 0.6) is 11.5 Å². The van der Waals surface area contributed by atoms with E-state index < -0.39 is 11.9 Å². The predicted molar refractivity (Wildman–Crippen MR) is 103 cm³/mol. The first-order valence-corrected chi connectivity index (χ1v) is 8.76. The summed E-state index contributed by atoms with van der Waals surface area (Å²) in [5.41, 5.74) is 6.70. The molecule has 0 fully saturated rings. The number of hydrogen-bond donors (Lipinski definition) is 1. The molecule has 0 unspecified atom stereocenters. The molecular weight excluding hydrogens is 376 g/mol. The van der Waals surface area contributed by atoms with Crippen LogP contribution in [0.2, 0.25) is 0 Å². The first-order valence-electron chi connectivity index (χ1n) is 8.76. The van der Waals surface area contributed by atoms with Crippen molar-refractivity contribution in [3.8, 4) is 23.0 Å². The fourth-order valence-corrected chi connectivity index (χ4v) is 2.55. The lowest BCUT2D eigenvalue weighted by molar-refractivity contribution is -0.119. The average molecular weight is 396 g/mol. The molecule has 0 radical (unpaired) electrons. The summed E-state index contributed by atoms with van der Waals surface area (Å²) < 4.78 is 21.4. The Balaban J connectivity index is 1.68. The lowest BCUT2D eigenvalue weighted by Gasteiger charge is -2.11. The molecular formula is C21H20N2O6. The fraction of sp³-hybridized carbons (Fsp3) is 0.190. The number of aromatic nitrogens is 1. The van der Waals surface area contributed by atoms with E-state index in [0.717, 1.165) is 5.56 Å². The van der Waals surface area contributed by atoms with Gasteiger partial charge in [-0.15, -0.1) is 0 Å². The third kappa shape index (κ3) is 4.92. The highest BCUT2D eigenvalue weighted by molar-refractivity contribution is 5.90. The number of ether oxygens (including phenoxy) is 3. The molecule has 1 aromatic heterocycles. The number of esters is 1. The summed E-state index contributed by atoms with van der Waals surface area (Å²) in [6.45, 7) is 1.43. The van der Waals surface area contributed by atoms with Gasteiger partial charge in [0.2, 0.25) is 5.89 Å². The Labute approximate surface area is 167 Å². The smallest absolute Gasteiger partial charge is 0.338 e. The van der Waals surface area contributed by atoms with Crippen molar-refractivity contribution >= 4 is 11.9 Å². The van der Waals surface area contributed by atoms with Gasteiger partial charge in [0.1, 0.15) is 18.1 Å². The minimum atomic E-state index is -0.617. The molecule has 29 heavy (non-hydrogen) atoms. The number of hydrogen-bond acceptors (Lipinski definition) is 7. The zero-order chi connectivity index (χ0) is 20.8. The lowest BCUT2D eigenvalue weighted by Crippen LogP contribution is -2.20. The molecule has 0 saturated carbocycles. The van der Waals surface area contributed by atoms with Gasteiger partial charge in [0.05, 0.1) is 12.7 Å². The Morgan fingerprint density at radius 2 is 1.86 bits per heavy atom. The number of nitrogens with two attached hydrogens (primary N) is 1. The molecule has 1 amide bonds. The Morgan fingerprint density at radius 1 is 1.10 bits per heavy atom. The van der Waals surface area contributed by atoms with Gasteiger partial charge in [-0.05, 0) is 37.3 Å². The van der Waals surface area contributed by atoms with Crippen molar-refractivity contribution in [2.24, 2.45) is 5.73 Å². The summed E-state index contributed by atoms with van der Waals surface area (Å²) in [6.07, 6.45) is 0. The van der Waals surface area contributed by atoms with Crippen LogP contribution in [0.4, 0.5) is 0 Å². The zero-order valence-corrected chi connectivity index (χ0v) is 16.0. The molecule has 8 nitrogen and oxygen atoms in total. The van der Waals surface area contributed by atoms with Crippen LogP contribution in [0.1, 0.15) is 21.8 Å². The standard InChI is InChI=1S/C21H20N2O6/c1-13-16(23-20(29-13)14-6-4-3-5-7-14)11-28-21(25)15-8-9-17(18(10-15)26-2)27-12-19(22)24/h3-10H,11-12H2,1-2H3,(H2,22,24). The Morgan fingerprint density at radius 3 is 2.55 bits per heavy atom. The van der Waals surface area contributed by atoms with E-state index in [9.17, 15) is 9.59 Å². The quantitative estimate of drug-likeness (QED) is 0.582. The first-order chi connectivity index (χ1) is 14.0. The third-order valence-electron chi connectivity index (χ3n) is 4.02. The van der Waals surface area contributed by atoms with E-state index in [4.69, 9.17) is 24.4 Å². The van der Waals surface area contributed by atoms with Crippen LogP contribution in [-0.2, 0) is 16.1 Å². The molecule has 2 N–H and O–H groups in total. The van der Waals surface area contributed by atoms with E-state index in [2.05, 4.69) is 4.98 Å². The van der Waals surface area contributed by atoms with Crippen molar-refractivity contribution < 1.29 is 28.2 Å². The van der Waals surface area contributed by atoms with Gasteiger partial charge in [-0.1, -0.05) is 18.2 Å². The second kappa shape index (κ2) is 8.92. The molecule has 3 aromatic rings. The molecule has 0 aliphatic rings. The van der Waals surface area contributed by atoms with Crippen LogP contribution in [-0.4, -0.2) is 30.6 Å². The molecule has 150 valence electrons. The van der Waals surface area contributed by atoms with E-state index in [-0.39, 0.29) is 24.5 Å². The largest absolute Gasteiger partial charge is 0.493 e. The van der Waals surface area contributed by atoms with Crippen LogP contribution >= 0.6 is 0 Å². The van der Waals surface area contributed by atoms with Gasteiger partial charge in [-0.25, -0.2) is 9.78 Å². The van der Waals surface area contributed by atoms with E-state index in [1.807, 2.05) is 30.3 Å². The molecule has 0 aliphatic carbocycles. The van der Waals surface area contributed by atoms with E-state index in [1.165, 1.54) is 25.3 Å². The molecule has 0 bridgehead atoms. The molecule has 0 spiro atoms. The molecule has 0 saturated heterocycles. The summed E-state index contributed by atoms with van der Waals surface area (Å²) in [5.74, 6) is 0.436. The van der Waals surface area contributed by atoms with Crippen molar-refractivity contribution in [1.29, 1.82) is 0 Å². The van der Waals surface area contributed by atoms with Crippen molar-refractivity contribution in [3.63, 3.8) is 0 Å². The maximum absolute atomic E-state index is 12.4. The van der Waals surface area contributed by atoms with Crippen LogP contribution in [0.25, 0.3) is 11.5 Å². The van der Waals surface area contributed by atoms with Crippen LogP contribution in [0, 0.1) is 6.92 Å². The fourth-order valence-electron chi connectivity index (χ4n) is 2.55. The lowest BCUT2D eigenvalue weighted by atomic mass is 10.2. The Kier molecular flexibility index (Phi) is 6.13. The van der Waals surface area contributed by atoms with Gasteiger partial charge in [-0.3, -0.25) is 4.79 Å². The highest BCUT2D eigenvalue weighted by atomic mass is 16.5. The highest BCUT2D eigenvalue weighted by Gasteiger charge is 2.16. The average Bonchev–Trinajstić information content (AvgIpc) is 3.11. The number of methoxy groups -OCH3 is 1.